The second-order valence-corrected chi connectivity index (χ2v) is 3.81. The van der Waals surface area contributed by atoms with Gasteiger partial charge in [0.25, 0.3) is 0 Å². The molecule has 1 fully saturated rings. The molecule has 2 atom stereocenters. The molecule has 72 valence electrons. The molecule has 0 radical (unpaired) electrons. The van der Waals surface area contributed by atoms with Crippen LogP contribution in [0.2, 0.25) is 0 Å². The zero-order chi connectivity index (χ0) is 9.31. The molecule has 0 aromatic carbocycles. The van der Waals surface area contributed by atoms with Gasteiger partial charge >= 0.3 is 0 Å². The van der Waals surface area contributed by atoms with Crippen LogP contribution in [0.5, 0.6) is 0 Å². The zero-order valence-corrected chi connectivity index (χ0v) is 8.04. The highest BCUT2D eigenvalue weighted by Crippen LogP contribution is 2.26. The van der Waals surface area contributed by atoms with E-state index in [1.54, 1.807) is 6.26 Å². The lowest BCUT2D eigenvalue weighted by molar-refractivity contribution is -0.118. The highest BCUT2D eigenvalue weighted by atomic mass is 16.5. The molecule has 0 aliphatic carbocycles. The van der Waals surface area contributed by atoms with Crippen LogP contribution < -0.4 is 5.32 Å². The largest absolute Gasteiger partial charge is 0.465 e. The second kappa shape index (κ2) is 3.16. The summed E-state index contributed by atoms with van der Waals surface area (Å²) in [5, 5.41) is 3.33. The van der Waals surface area contributed by atoms with Crippen LogP contribution in [0.3, 0.4) is 0 Å². The van der Waals surface area contributed by atoms with E-state index in [-0.39, 0.29) is 0 Å². The highest BCUT2D eigenvalue weighted by Gasteiger charge is 2.34. The quantitative estimate of drug-likeness (QED) is 0.716. The fourth-order valence-electron chi connectivity index (χ4n) is 1.50. The van der Waals surface area contributed by atoms with Gasteiger partial charge in [-0.05, 0) is 25.0 Å². The van der Waals surface area contributed by atoms with E-state index in [1.807, 2.05) is 19.1 Å². The lowest BCUT2D eigenvalue weighted by atomic mass is 10.1. The van der Waals surface area contributed by atoms with Gasteiger partial charge in [0.2, 0.25) is 0 Å². The van der Waals surface area contributed by atoms with Crippen molar-refractivity contribution in [3.8, 4) is 0 Å². The Morgan fingerprint density at radius 3 is 3.00 bits per heavy atom. The van der Waals surface area contributed by atoms with Crippen molar-refractivity contribution >= 4 is 0 Å². The van der Waals surface area contributed by atoms with Crippen LogP contribution in [0.4, 0.5) is 0 Å². The maximum atomic E-state index is 5.72. The molecule has 0 saturated carbocycles. The van der Waals surface area contributed by atoms with Crippen molar-refractivity contribution in [3.63, 3.8) is 0 Å². The fourth-order valence-corrected chi connectivity index (χ4v) is 1.50. The summed E-state index contributed by atoms with van der Waals surface area (Å²) in [6.07, 6.45) is 1.67. The third-order valence-corrected chi connectivity index (χ3v) is 2.44. The topological polar surface area (TPSA) is 34.4 Å². The molecule has 2 rings (SSSR count). The molecule has 2 heterocycles. The van der Waals surface area contributed by atoms with Gasteiger partial charge in [-0.15, -0.1) is 0 Å². The van der Waals surface area contributed by atoms with Crippen molar-refractivity contribution in [3.05, 3.63) is 24.2 Å². The van der Waals surface area contributed by atoms with Crippen molar-refractivity contribution in [2.24, 2.45) is 5.92 Å². The summed E-state index contributed by atoms with van der Waals surface area (Å²) in [7, 11) is 0. The molecular weight excluding hydrogens is 166 g/mol. The molecule has 1 aromatic rings. The van der Waals surface area contributed by atoms with Crippen LogP contribution in [0.25, 0.3) is 0 Å². The normalized spacial score (nSPS) is 34.8. The lowest BCUT2D eigenvalue weighted by Crippen LogP contribution is -2.49. The third kappa shape index (κ3) is 1.62. The number of nitrogens with one attached hydrogen (secondary N) is 1. The van der Waals surface area contributed by atoms with Gasteiger partial charge in [-0.25, -0.2) is 0 Å². The van der Waals surface area contributed by atoms with E-state index in [1.165, 1.54) is 0 Å². The summed E-state index contributed by atoms with van der Waals surface area (Å²) in [6.45, 7) is 5.91. The van der Waals surface area contributed by atoms with Crippen LogP contribution >= 0.6 is 0 Å². The van der Waals surface area contributed by atoms with Crippen LogP contribution in [0.15, 0.2) is 22.8 Å². The van der Waals surface area contributed by atoms with E-state index in [9.17, 15) is 0 Å². The fraction of sp³-hybridized carbons (Fsp3) is 0.600. The van der Waals surface area contributed by atoms with Crippen molar-refractivity contribution in [1.29, 1.82) is 0 Å². The summed E-state index contributed by atoms with van der Waals surface area (Å²) in [5.41, 5.74) is -0.435. The summed E-state index contributed by atoms with van der Waals surface area (Å²) >= 11 is 0. The third-order valence-electron chi connectivity index (χ3n) is 2.44. The van der Waals surface area contributed by atoms with Gasteiger partial charge in [-0.3, -0.25) is 5.32 Å². The molecular formula is C10H15NO2. The first-order chi connectivity index (χ1) is 6.21. The Morgan fingerprint density at radius 2 is 2.46 bits per heavy atom. The average Bonchev–Trinajstić information content (AvgIpc) is 2.63. The predicted octanol–water partition coefficient (Wildman–Crippen LogP) is 1.71. The van der Waals surface area contributed by atoms with Gasteiger partial charge in [0.15, 0.2) is 5.72 Å². The molecule has 2 unspecified atom stereocenters. The van der Waals surface area contributed by atoms with Gasteiger partial charge in [0.1, 0.15) is 5.76 Å². The molecule has 1 aromatic heterocycles. The monoisotopic (exact) mass is 181 g/mol. The Bertz CT molecular complexity index is 260. The first-order valence-corrected chi connectivity index (χ1v) is 4.64. The van der Waals surface area contributed by atoms with Gasteiger partial charge in [-0.2, -0.15) is 0 Å². The molecule has 3 nitrogen and oxygen atoms in total. The Balaban J connectivity index is 2.13. The van der Waals surface area contributed by atoms with Gasteiger partial charge in [-0.1, -0.05) is 6.92 Å². The van der Waals surface area contributed by atoms with Crippen molar-refractivity contribution < 1.29 is 9.15 Å². The standard InChI is InChI=1S/C10H15NO2/c1-8-6-11-10(2,13-7-8)9-4-3-5-12-9/h3-5,8,11H,6-7H2,1-2H3. The zero-order valence-electron chi connectivity index (χ0n) is 8.04. The number of furan rings is 1. The van der Waals surface area contributed by atoms with E-state index in [0.29, 0.717) is 5.92 Å². The minimum Gasteiger partial charge on any atom is -0.465 e. The number of rotatable bonds is 1. The number of ether oxygens (including phenoxy) is 1. The van der Waals surface area contributed by atoms with Crippen LogP contribution in [0, 0.1) is 5.92 Å². The van der Waals surface area contributed by atoms with Crippen LogP contribution in [-0.4, -0.2) is 13.2 Å². The molecule has 3 heteroatoms. The maximum absolute atomic E-state index is 5.72. The summed E-state index contributed by atoms with van der Waals surface area (Å²) in [4.78, 5) is 0. The number of hydrogen-bond acceptors (Lipinski definition) is 3. The SMILES string of the molecule is CC1CNC(C)(c2ccco2)OC1. The van der Waals surface area contributed by atoms with E-state index in [0.717, 1.165) is 18.9 Å². The minimum atomic E-state index is -0.435. The van der Waals surface area contributed by atoms with Crippen LogP contribution in [-0.2, 0) is 10.5 Å². The summed E-state index contributed by atoms with van der Waals surface area (Å²) < 4.78 is 11.0. The molecule has 0 bridgehead atoms. The van der Waals surface area contributed by atoms with Crippen molar-refractivity contribution in [2.45, 2.75) is 19.6 Å². The van der Waals surface area contributed by atoms with Crippen LogP contribution in [0.1, 0.15) is 19.6 Å². The Labute approximate surface area is 78.1 Å². The molecule has 13 heavy (non-hydrogen) atoms. The molecule has 1 aliphatic heterocycles. The van der Waals surface area contributed by atoms with Crippen molar-refractivity contribution in [2.75, 3.05) is 13.2 Å². The highest BCUT2D eigenvalue weighted by molar-refractivity contribution is 5.08. The smallest absolute Gasteiger partial charge is 0.175 e. The van der Waals surface area contributed by atoms with E-state index in [4.69, 9.17) is 9.15 Å². The molecule has 1 N–H and O–H groups in total. The number of hydrogen-bond donors (Lipinski definition) is 1. The van der Waals surface area contributed by atoms with Crippen molar-refractivity contribution in [1.82, 2.24) is 5.32 Å². The van der Waals surface area contributed by atoms with Gasteiger partial charge in [0, 0.05) is 6.54 Å². The predicted molar refractivity (Wildman–Crippen MR) is 49.2 cm³/mol. The summed E-state index contributed by atoms with van der Waals surface area (Å²) in [6, 6.07) is 3.81. The second-order valence-electron chi connectivity index (χ2n) is 3.81. The Morgan fingerprint density at radius 1 is 1.62 bits per heavy atom. The first-order valence-electron chi connectivity index (χ1n) is 4.64. The Kier molecular flexibility index (Phi) is 2.14. The molecule has 0 amide bonds. The molecule has 1 saturated heterocycles. The minimum absolute atomic E-state index is 0.435. The first kappa shape index (κ1) is 8.78. The van der Waals surface area contributed by atoms with Gasteiger partial charge in [0.05, 0.1) is 12.9 Å². The van der Waals surface area contributed by atoms with E-state index >= 15 is 0 Å². The lowest BCUT2D eigenvalue weighted by Gasteiger charge is -2.36. The summed E-state index contributed by atoms with van der Waals surface area (Å²) in [5.74, 6) is 1.42. The van der Waals surface area contributed by atoms with E-state index in [2.05, 4.69) is 12.2 Å². The molecule has 0 spiro atoms. The Hall–Kier alpha value is -0.800. The average molecular weight is 181 g/mol. The molecule has 1 aliphatic rings. The maximum Gasteiger partial charge on any atom is 0.175 e. The van der Waals surface area contributed by atoms with Gasteiger partial charge < -0.3 is 9.15 Å². The van der Waals surface area contributed by atoms with E-state index < -0.39 is 5.72 Å².